The van der Waals surface area contributed by atoms with E-state index in [4.69, 9.17) is 21.8 Å². The average Bonchev–Trinajstić information content (AvgIpc) is 2.67. The van der Waals surface area contributed by atoms with E-state index in [9.17, 15) is 0 Å². The van der Waals surface area contributed by atoms with Crippen molar-refractivity contribution in [1.82, 2.24) is 15.2 Å². The first-order valence-electron chi connectivity index (χ1n) is 3.94. The summed E-state index contributed by atoms with van der Waals surface area (Å²) in [6, 6.07) is 3.41. The highest BCUT2D eigenvalue weighted by Crippen LogP contribution is 2.16. The molecule has 0 aliphatic rings. The molecule has 0 aliphatic carbocycles. The molecule has 0 amide bonds. The van der Waals surface area contributed by atoms with Gasteiger partial charge in [0.1, 0.15) is 5.69 Å². The predicted molar refractivity (Wildman–Crippen MR) is 50.4 cm³/mol. The molecule has 0 aliphatic heterocycles. The molecule has 0 unspecified atom stereocenters. The Labute approximate surface area is 84.9 Å². The molecule has 2 aromatic rings. The van der Waals surface area contributed by atoms with Crippen molar-refractivity contribution in [2.75, 3.05) is 0 Å². The molecule has 0 radical (unpaired) electrons. The Morgan fingerprint density at radius 3 is 2.79 bits per heavy atom. The van der Waals surface area contributed by atoms with Crippen LogP contribution in [-0.2, 0) is 6.54 Å². The highest BCUT2D eigenvalue weighted by molar-refractivity contribution is 6.30. The van der Waals surface area contributed by atoms with Gasteiger partial charge >= 0.3 is 0 Å². The van der Waals surface area contributed by atoms with Crippen LogP contribution in [-0.4, -0.2) is 15.2 Å². The van der Waals surface area contributed by atoms with Crippen molar-refractivity contribution in [3.05, 3.63) is 29.2 Å². The minimum absolute atomic E-state index is 0.223. The van der Waals surface area contributed by atoms with Crippen LogP contribution in [0.1, 0.15) is 5.89 Å². The van der Waals surface area contributed by atoms with Gasteiger partial charge in [0.2, 0.25) is 5.89 Å². The lowest BCUT2D eigenvalue weighted by Crippen LogP contribution is -1.95. The van der Waals surface area contributed by atoms with Crippen LogP contribution in [0.2, 0.25) is 5.02 Å². The molecular formula is C8H7ClN4O. The van der Waals surface area contributed by atoms with Crippen LogP contribution < -0.4 is 5.73 Å². The lowest BCUT2D eigenvalue weighted by atomic mass is 10.3. The second-order valence-corrected chi connectivity index (χ2v) is 3.00. The Morgan fingerprint density at radius 1 is 1.36 bits per heavy atom. The molecule has 0 saturated carbocycles. The minimum atomic E-state index is 0.223. The second-order valence-electron chi connectivity index (χ2n) is 2.57. The molecule has 2 rings (SSSR count). The summed E-state index contributed by atoms with van der Waals surface area (Å²) in [6.45, 7) is 0.223. The van der Waals surface area contributed by atoms with Crippen LogP contribution in [0.5, 0.6) is 0 Å². The molecule has 0 spiro atoms. The zero-order chi connectivity index (χ0) is 9.97. The molecule has 14 heavy (non-hydrogen) atoms. The van der Waals surface area contributed by atoms with Gasteiger partial charge in [-0.1, -0.05) is 11.6 Å². The summed E-state index contributed by atoms with van der Waals surface area (Å²) >= 11 is 5.68. The second kappa shape index (κ2) is 3.73. The van der Waals surface area contributed by atoms with Crippen LogP contribution in [0.4, 0.5) is 0 Å². The summed E-state index contributed by atoms with van der Waals surface area (Å²) < 4.78 is 5.21. The Hall–Kier alpha value is -1.46. The van der Waals surface area contributed by atoms with Gasteiger partial charge in [-0.2, -0.15) is 0 Å². The third-order valence-electron chi connectivity index (χ3n) is 1.59. The highest BCUT2D eigenvalue weighted by Gasteiger charge is 2.07. The van der Waals surface area contributed by atoms with Crippen LogP contribution in [0.3, 0.4) is 0 Å². The Kier molecular flexibility index (Phi) is 2.43. The normalized spacial score (nSPS) is 10.4. The maximum Gasteiger partial charge on any atom is 0.266 e. The van der Waals surface area contributed by atoms with E-state index in [-0.39, 0.29) is 6.54 Å². The highest BCUT2D eigenvalue weighted by atomic mass is 35.5. The van der Waals surface area contributed by atoms with E-state index >= 15 is 0 Å². The fourth-order valence-electron chi connectivity index (χ4n) is 0.942. The first-order valence-corrected chi connectivity index (χ1v) is 4.32. The van der Waals surface area contributed by atoms with Crippen molar-refractivity contribution in [3.8, 4) is 11.6 Å². The van der Waals surface area contributed by atoms with Gasteiger partial charge in [0, 0.05) is 6.20 Å². The fraction of sp³-hybridized carbons (Fsp3) is 0.125. The Balaban J connectivity index is 2.34. The predicted octanol–water partition coefficient (Wildman–Crippen LogP) is 1.24. The molecule has 0 bridgehead atoms. The number of nitrogens with zero attached hydrogens (tertiary/aromatic N) is 3. The Bertz CT molecular complexity index is 425. The smallest absolute Gasteiger partial charge is 0.266 e. The lowest BCUT2D eigenvalue weighted by Gasteiger charge is -1.92. The summed E-state index contributed by atoms with van der Waals surface area (Å²) in [4.78, 5) is 4.03. The Morgan fingerprint density at radius 2 is 2.21 bits per heavy atom. The number of rotatable bonds is 2. The lowest BCUT2D eigenvalue weighted by molar-refractivity contribution is 0.507. The standard InChI is InChI=1S/C8H7ClN4O/c9-5-1-2-6(11-4-5)8-13-12-7(3-10)14-8/h1-2,4H,3,10H2. The van der Waals surface area contributed by atoms with E-state index in [2.05, 4.69) is 15.2 Å². The first kappa shape index (κ1) is 9.11. The van der Waals surface area contributed by atoms with Crippen molar-refractivity contribution >= 4 is 11.6 Å². The summed E-state index contributed by atoms with van der Waals surface area (Å²) in [5, 5.41) is 8.07. The number of hydrogen-bond donors (Lipinski definition) is 1. The number of halogens is 1. The largest absolute Gasteiger partial charge is 0.418 e. The van der Waals surface area contributed by atoms with Crippen molar-refractivity contribution in [2.45, 2.75) is 6.54 Å². The topological polar surface area (TPSA) is 77.8 Å². The van der Waals surface area contributed by atoms with Crippen LogP contribution in [0, 0.1) is 0 Å². The molecular weight excluding hydrogens is 204 g/mol. The number of hydrogen-bond acceptors (Lipinski definition) is 5. The molecule has 6 heteroatoms. The average molecular weight is 211 g/mol. The van der Waals surface area contributed by atoms with Gasteiger partial charge in [0.15, 0.2) is 0 Å². The van der Waals surface area contributed by atoms with Crippen LogP contribution >= 0.6 is 11.6 Å². The number of aromatic nitrogens is 3. The zero-order valence-electron chi connectivity index (χ0n) is 7.14. The van der Waals surface area contributed by atoms with E-state index in [0.29, 0.717) is 22.5 Å². The summed E-state index contributed by atoms with van der Waals surface area (Å²) in [5.74, 6) is 0.735. The molecule has 2 aromatic heterocycles. The molecule has 0 atom stereocenters. The summed E-state index contributed by atoms with van der Waals surface area (Å²) in [7, 11) is 0. The monoisotopic (exact) mass is 210 g/mol. The van der Waals surface area contributed by atoms with Crippen molar-refractivity contribution < 1.29 is 4.42 Å². The third-order valence-corrected chi connectivity index (χ3v) is 1.81. The van der Waals surface area contributed by atoms with E-state index < -0.39 is 0 Å². The van der Waals surface area contributed by atoms with Gasteiger partial charge in [0.25, 0.3) is 5.89 Å². The van der Waals surface area contributed by atoms with Crippen molar-refractivity contribution in [3.63, 3.8) is 0 Å². The van der Waals surface area contributed by atoms with E-state index in [1.54, 1.807) is 12.1 Å². The summed E-state index contributed by atoms with van der Waals surface area (Å²) in [6.07, 6.45) is 1.52. The zero-order valence-corrected chi connectivity index (χ0v) is 7.90. The molecule has 0 fully saturated rings. The van der Waals surface area contributed by atoms with E-state index in [0.717, 1.165) is 0 Å². The van der Waals surface area contributed by atoms with Crippen molar-refractivity contribution in [1.29, 1.82) is 0 Å². The number of pyridine rings is 1. The quantitative estimate of drug-likeness (QED) is 0.807. The van der Waals surface area contributed by atoms with Gasteiger partial charge in [-0.15, -0.1) is 10.2 Å². The third kappa shape index (κ3) is 1.73. The molecule has 72 valence electrons. The van der Waals surface area contributed by atoms with E-state index in [1.807, 2.05) is 0 Å². The first-order chi connectivity index (χ1) is 6.79. The van der Waals surface area contributed by atoms with Crippen LogP contribution in [0.25, 0.3) is 11.6 Å². The molecule has 5 nitrogen and oxygen atoms in total. The molecule has 0 aromatic carbocycles. The van der Waals surface area contributed by atoms with Crippen LogP contribution in [0.15, 0.2) is 22.7 Å². The SMILES string of the molecule is NCc1nnc(-c2ccc(Cl)cn2)o1. The van der Waals surface area contributed by atoms with Gasteiger partial charge in [0.05, 0.1) is 11.6 Å². The molecule has 0 saturated heterocycles. The minimum Gasteiger partial charge on any atom is -0.418 e. The maximum absolute atomic E-state index is 5.68. The van der Waals surface area contributed by atoms with E-state index in [1.165, 1.54) is 6.20 Å². The van der Waals surface area contributed by atoms with Gasteiger partial charge in [-0.3, -0.25) is 0 Å². The van der Waals surface area contributed by atoms with Gasteiger partial charge in [-0.05, 0) is 12.1 Å². The number of nitrogens with two attached hydrogens (primary N) is 1. The van der Waals surface area contributed by atoms with Crippen molar-refractivity contribution in [2.24, 2.45) is 5.73 Å². The van der Waals surface area contributed by atoms with Gasteiger partial charge in [-0.25, -0.2) is 4.98 Å². The molecule has 2 heterocycles. The van der Waals surface area contributed by atoms with Gasteiger partial charge < -0.3 is 10.2 Å². The maximum atomic E-state index is 5.68. The summed E-state index contributed by atoms with van der Waals surface area (Å²) in [5.41, 5.74) is 5.91. The fourth-order valence-corrected chi connectivity index (χ4v) is 1.05. The molecule has 2 N–H and O–H groups in total.